The van der Waals surface area contributed by atoms with Gasteiger partial charge in [0.05, 0.1) is 12.2 Å². The van der Waals surface area contributed by atoms with E-state index in [4.69, 9.17) is 9.16 Å². The van der Waals surface area contributed by atoms with Crippen molar-refractivity contribution in [3.05, 3.63) is 141 Å². The molecule has 2 heterocycles. The molecule has 3 aromatic carbocycles. The molecule has 0 bridgehead atoms. The average molecular weight is 659 g/mol. The summed E-state index contributed by atoms with van der Waals surface area (Å²) < 4.78 is 14.8. The Kier molecular flexibility index (Phi) is 10.8. The summed E-state index contributed by atoms with van der Waals surface area (Å²) in [6, 6.07) is 31.6. The van der Waals surface area contributed by atoms with E-state index in [1.165, 1.54) is 12.3 Å². The lowest BCUT2D eigenvalue weighted by molar-refractivity contribution is -0.206. The molecule has 5 rings (SSSR count). The molecule has 10 heteroatoms. The van der Waals surface area contributed by atoms with Crippen LogP contribution >= 0.6 is 0 Å². The van der Waals surface area contributed by atoms with Gasteiger partial charge in [0.15, 0.2) is 20.1 Å². The maximum Gasteiger partial charge on any atom is 0.330 e. The Morgan fingerprint density at radius 1 is 0.809 bits per heavy atom. The summed E-state index contributed by atoms with van der Waals surface area (Å²) in [6.45, 7) is 6.25. The molecule has 0 radical (unpaired) electrons. The van der Waals surface area contributed by atoms with Crippen molar-refractivity contribution >= 4 is 8.32 Å². The Hall–Kier alpha value is -3.64. The second-order valence-electron chi connectivity index (χ2n) is 12.6. The normalized spacial score (nSPS) is 24.2. The second-order valence-corrected chi connectivity index (χ2v) is 17.4. The molecule has 1 fully saturated rings. The van der Waals surface area contributed by atoms with Crippen molar-refractivity contribution in [3.8, 4) is 0 Å². The lowest BCUT2D eigenvalue weighted by atomic mass is 9.70. The SMILES string of the molecule is CC[Si](CC)(CC)OC(Cc1ccccc1)[C@]1(O)[C@H](n2ccc(=O)[nH]c2=O)O[C@H](C(O)Cc2ccccc2)[C@]1(O)Cc1ccccc1. The summed E-state index contributed by atoms with van der Waals surface area (Å²) in [5.41, 5.74) is -3.51. The molecule has 1 aliphatic rings. The summed E-state index contributed by atoms with van der Waals surface area (Å²) in [5, 5.41) is 38.6. The number of benzene rings is 3. The fraction of sp³-hybridized carbons (Fsp3) is 0.405. The highest BCUT2D eigenvalue weighted by molar-refractivity contribution is 6.73. The number of nitrogens with one attached hydrogen (secondary N) is 1. The van der Waals surface area contributed by atoms with Crippen LogP contribution in [0.4, 0.5) is 0 Å². The van der Waals surface area contributed by atoms with Crippen LogP contribution in [0.25, 0.3) is 0 Å². The Balaban J connectivity index is 1.76. The molecule has 9 nitrogen and oxygen atoms in total. The predicted octanol–water partition coefficient (Wildman–Crippen LogP) is 4.38. The van der Waals surface area contributed by atoms with Gasteiger partial charge < -0.3 is 24.5 Å². The van der Waals surface area contributed by atoms with Crippen LogP contribution in [-0.2, 0) is 28.4 Å². The fourth-order valence-corrected chi connectivity index (χ4v) is 9.93. The van der Waals surface area contributed by atoms with E-state index in [2.05, 4.69) is 25.8 Å². The van der Waals surface area contributed by atoms with E-state index in [1.54, 1.807) is 0 Å². The van der Waals surface area contributed by atoms with Gasteiger partial charge in [-0.15, -0.1) is 0 Å². The molecule has 1 saturated heterocycles. The first-order valence-corrected chi connectivity index (χ1v) is 19.0. The number of nitrogens with zero attached hydrogens (tertiary/aromatic N) is 1. The van der Waals surface area contributed by atoms with E-state index >= 15 is 0 Å². The number of hydrogen-bond donors (Lipinski definition) is 4. The molecule has 4 N–H and O–H groups in total. The van der Waals surface area contributed by atoms with Gasteiger partial charge in [0.2, 0.25) is 0 Å². The monoisotopic (exact) mass is 658 g/mol. The minimum Gasteiger partial charge on any atom is -0.410 e. The number of rotatable bonds is 14. The third-order valence-corrected chi connectivity index (χ3v) is 14.6. The van der Waals surface area contributed by atoms with Gasteiger partial charge >= 0.3 is 5.69 Å². The standard InChI is InChI=1S/C37H46N2O7Si/c1-4-47(5-2,6-3)46-31(25-28-18-12-8-13-19-28)37(44)34(39-23-22-32(41)38-35(39)42)45-33(30(40)24-27-16-10-7-11-17-27)36(37,43)26-29-20-14-9-15-21-29/h7-23,30-31,33-34,40,43-44H,4-6,24-26H2,1-3H3,(H,38,41,42)/t30?,31?,33-,34-,36-,37+/m1/s1. The van der Waals surface area contributed by atoms with Gasteiger partial charge in [-0.3, -0.25) is 14.3 Å². The summed E-state index contributed by atoms with van der Waals surface area (Å²) in [5.74, 6) is 0. The Morgan fingerprint density at radius 2 is 1.32 bits per heavy atom. The molecule has 0 aliphatic carbocycles. The van der Waals surface area contributed by atoms with Crippen LogP contribution in [0, 0.1) is 0 Å². The molecule has 1 aromatic heterocycles. The number of ether oxygens (including phenoxy) is 1. The molecule has 4 aromatic rings. The van der Waals surface area contributed by atoms with Crippen LogP contribution in [0.5, 0.6) is 0 Å². The first-order valence-electron chi connectivity index (χ1n) is 16.5. The molecule has 250 valence electrons. The van der Waals surface area contributed by atoms with E-state index in [0.717, 1.165) is 33.8 Å². The van der Waals surface area contributed by atoms with Crippen molar-refractivity contribution in [2.24, 2.45) is 0 Å². The highest BCUT2D eigenvalue weighted by atomic mass is 28.4. The second kappa shape index (κ2) is 14.6. The highest BCUT2D eigenvalue weighted by Gasteiger charge is 2.71. The van der Waals surface area contributed by atoms with E-state index in [-0.39, 0.29) is 19.3 Å². The van der Waals surface area contributed by atoms with Gasteiger partial charge in [-0.25, -0.2) is 4.79 Å². The summed E-state index contributed by atoms with van der Waals surface area (Å²) in [4.78, 5) is 27.9. The third kappa shape index (κ3) is 6.99. The lowest BCUT2D eigenvalue weighted by Crippen LogP contribution is -2.69. The van der Waals surface area contributed by atoms with Crippen LogP contribution in [0.15, 0.2) is 113 Å². The van der Waals surface area contributed by atoms with E-state index in [9.17, 15) is 24.9 Å². The van der Waals surface area contributed by atoms with Gasteiger partial charge in [0, 0.05) is 31.5 Å². The maximum atomic E-state index is 13.5. The average Bonchev–Trinajstić information content (AvgIpc) is 3.31. The number of aromatic amines is 1. The zero-order chi connectivity index (χ0) is 33.7. The Morgan fingerprint density at radius 3 is 1.83 bits per heavy atom. The van der Waals surface area contributed by atoms with Gasteiger partial charge in [-0.05, 0) is 34.8 Å². The molecular formula is C37H46N2O7Si. The molecule has 1 aliphatic heterocycles. The predicted molar refractivity (Wildman–Crippen MR) is 184 cm³/mol. The summed E-state index contributed by atoms with van der Waals surface area (Å²) >= 11 is 0. The van der Waals surface area contributed by atoms with Crippen molar-refractivity contribution < 1.29 is 24.5 Å². The number of aromatic nitrogens is 2. The first-order chi connectivity index (χ1) is 22.6. The van der Waals surface area contributed by atoms with E-state index < -0.39 is 55.3 Å². The zero-order valence-corrected chi connectivity index (χ0v) is 28.3. The van der Waals surface area contributed by atoms with Gasteiger partial charge in [0.25, 0.3) is 5.56 Å². The molecular weight excluding hydrogens is 613 g/mol. The topological polar surface area (TPSA) is 134 Å². The van der Waals surface area contributed by atoms with Gasteiger partial charge in [0.1, 0.15) is 11.7 Å². The van der Waals surface area contributed by atoms with Gasteiger partial charge in [-0.1, -0.05) is 112 Å². The number of hydrogen-bond acceptors (Lipinski definition) is 7. The molecule has 6 atom stereocenters. The van der Waals surface area contributed by atoms with Crippen molar-refractivity contribution in [3.63, 3.8) is 0 Å². The molecule has 2 unspecified atom stereocenters. The molecule has 0 amide bonds. The summed E-state index contributed by atoms with van der Waals surface area (Å²) in [6.07, 6.45) is -3.78. The highest BCUT2D eigenvalue weighted by Crippen LogP contribution is 2.52. The van der Waals surface area contributed by atoms with Crippen LogP contribution < -0.4 is 11.2 Å². The van der Waals surface area contributed by atoms with Crippen molar-refractivity contribution in [1.29, 1.82) is 0 Å². The first kappa shape index (κ1) is 34.7. The minimum absolute atomic E-state index is 0.108. The summed E-state index contributed by atoms with van der Waals surface area (Å²) in [7, 11) is -2.50. The zero-order valence-electron chi connectivity index (χ0n) is 27.3. The van der Waals surface area contributed by atoms with Crippen molar-refractivity contribution in [2.45, 2.75) is 93.9 Å². The third-order valence-electron chi connectivity index (χ3n) is 9.95. The Bertz CT molecular complexity index is 1690. The largest absolute Gasteiger partial charge is 0.410 e. The van der Waals surface area contributed by atoms with Crippen LogP contribution in [0.1, 0.15) is 43.7 Å². The van der Waals surface area contributed by atoms with Crippen LogP contribution in [0.2, 0.25) is 18.1 Å². The maximum absolute atomic E-state index is 13.5. The minimum atomic E-state index is -2.50. The fourth-order valence-electron chi connectivity index (χ4n) is 7.06. The van der Waals surface area contributed by atoms with Crippen molar-refractivity contribution in [1.82, 2.24) is 9.55 Å². The lowest BCUT2D eigenvalue weighted by Gasteiger charge is -2.49. The molecule has 0 spiro atoms. The van der Waals surface area contributed by atoms with E-state index in [0.29, 0.717) is 5.56 Å². The quantitative estimate of drug-likeness (QED) is 0.148. The van der Waals surface area contributed by atoms with E-state index in [1.807, 2.05) is 91.0 Å². The molecule has 47 heavy (non-hydrogen) atoms. The smallest absolute Gasteiger partial charge is 0.330 e. The van der Waals surface area contributed by atoms with Crippen molar-refractivity contribution in [2.75, 3.05) is 0 Å². The number of aliphatic hydroxyl groups is 3. The Labute approximate surface area is 276 Å². The van der Waals surface area contributed by atoms with Crippen LogP contribution in [-0.4, -0.2) is 62.7 Å². The molecule has 0 saturated carbocycles. The number of aliphatic hydroxyl groups excluding tert-OH is 1. The number of H-pyrrole nitrogens is 1. The van der Waals surface area contributed by atoms with Crippen LogP contribution in [0.3, 0.4) is 0 Å². The van der Waals surface area contributed by atoms with Gasteiger partial charge in [-0.2, -0.15) is 0 Å².